The molecule has 7 heteroatoms. The van der Waals surface area contributed by atoms with Crippen molar-refractivity contribution in [1.82, 2.24) is 29.8 Å². The topological polar surface area (TPSA) is 83.8 Å². The van der Waals surface area contributed by atoms with E-state index in [1.165, 1.54) is 0 Å². The van der Waals surface area contributed by atoms with Crippen LogP contribution in [0.15, 0.2) is 36.7 Å². The molecule has 0 aliphatic heterocycles. The van der Waals surface area contributed by atoms with E-state index in [0.29, 0.717) is 0 Å². The number of hydrogen-bond acceptors (Lipinski definition) is 5. The fourth-order valence-corrected chi connectivity index (χ4v) is 2.83. The monoisotopic (exact) mass is 307 g/mol. The van der Waals surface area contributed by atoms with Crippen molar-refractivity contribution in [2.45, 2.75) is 19.8 Å². The summed E-state index contributed by atoms with van der Waals surface area (Å²) in [5.41, 5.74) is 2.76. The molecule has 0 aromatic carbocycles. The molecule has 23 heavy (non-hydrogen) atoms. The lowest BCUT2D eigenvalue weighted by molar-refractivity contribution is 0.755. The predicted octanol–water partition coefficient (Wildman–Crippen LogP) is 2.58. The Morgan fingerprint density at radius 2 is 2.17 bits per heavy atom. The lowest BCUT2D eigenvalue weighted by Gasteiger charge is -2.09. The fraction of sp³-hybridized carbons (Fsp3) is 0.250. The highest BCUT2D eigenvalue weighted by Crippen LogP contribution is 2.28. The third-order valence-corrected chi connectivity index (χ3v) is 3.98. The highest BCUT2D eigenvalue weighted by atomic mass is 15.4. The molecule has 116 valence electrons. The maximum Gasteiger partial charge on any atom is 0.178 e. The van der Waals surface area contributed by atoms with Crippen molar-refractivity contribution in [2.75, 3.05) is 11.9 Å². The number of aromatic nitrogens is 6. The van der Waals surface area contributed by atoms with E-state index in [4.69, 9.17) is 0 Å². The molecule has 0 fully saturated rings. The average Bonchev–Trinajstić information content (AvgIpc) is 3.18. The first kappa shape index (κ1) is 13.7. The van der Waals surface area contributed by atoms with Gasteiger partial charge >= 0.3 is 0 Å². The number of anilines is 1. The van der Waals surface area contributed by atoms with Crippen LogP contribution in [0.25, 0.3) is 16.7 Å². The van der Waals surface area contributed by atoms with E-state index < -0.39 is 0 Å². The molecular weight excluding hydrogens is 290 g/mol. The van der Waals surface area contributed by atoms with Crippen LogP contribution in [0.5, 0.6) is 0 Å². The first-order valence-corrected chi connectivity index (χ1v) is 7.66. The highest BCUT2D eigenvalue weighted by molar-refractivity contribution is 5.80. The molecule has 0 bridgehead atoms. The molecule has 4 aromatic heterocycles. The highest BCUT2D eigenvalue weighted by Gasteiger charge is 2.20. The van der Waals surface area contributed by atoms with E-state index in [-0.39, 0.29) is 5.92 Å². The quantitative estimate of drug-likeness (QED) is 0.605. The minimum Gasteiger partial charge on any atom is -0.369 e. The molecule has 4 heterocycles. The Kier molecular flexibility index (Phi) is 3.18. The van der Waals surface area contributed by atoms with E-state index in [9.17, 15) is 0 Å². The second kappa shape index (κ2) is 5.35. The molecule has 4 aromatic rings. The Hall–Kier alpha value is -2.96. The largest absolute Gasteiger partial charge is 0.369 e. The molecule has 0 amide bonds. The predicted molar refractivity (Wildman–Crippen MR) is 88.6 cm³/mol. The first-order chi connectivity index (χ1) is 11.3. The molecule has 7 nitrogen and oxygen atoms in total. The van der Waals surface area contributed by atoms with Gasteiger partial charge in [0, 0.05) is 30.2 Å². The zero-order chi connectivity index (χ0) is 15.8. The number of fused-ring (bicyclic) bond motifs is 2. The van der Waals surface area contributed by atoms with E-state index in [1.54, 1.807) is 10.7 Å². The second-order valence-corrected chi connectivity index (χ2v) is 5.44. The minimum absolute atomic E-state index is 0.0485. The van der Waals surface area contributed by atoms with Gasteiger partial charge in [0.15, 0.2) is 11.5 Å². The third-order valence-electron chi connectivity index (χ3n) is 3.98. The van der Waals surface area contributed by atoms with Crippen molar-refractivity contribution in [3.05, 3.63) is 48.0 Å². The molecule has 0 unspecified atom stereocenters. The Bertz CT molecular complexity index is 969. The smallest absolute Gasteiger partial charge is 0.178 e. The van der Waals surface area contributed by atoms with E-state index in [2.05, 4.69) is 43.6 Å². The summed E-state index contributed by atoms with van der Waals surface area (Å²) in [5.74, 6) is 1.67. The van der Waals surface area contributed by atoms with Gasteiger partial charge in [-0.3, -0.25) is 0 Å². The molecule has 0 spiro atoms. The van der Waals surface area contributed by atoms with Crippen LogP contribution >= 0.6 is 0 Å². The van der Waals surface area contributed by atoms with Crippen LogP contribution < -0.4 is 5.32 Å². The number of H-pyrrole nitrogens is 1. The molecule has 0 radical (unpaired) electrons. The fourth-order valence-electron chi connectivity index (χ4n) is 2.83. The molecule has 2 N–H and O–H groups in total. The van der Waals surface area contributed by atoms with Crippen LogP contribution in [0.2, 0.25) is 0 Å². The normalized spacial score (nSPS) is 12.8. The number of rotatable bonds is 4. The summed E-state index contributed by atoms with van der Waals surface area (Å²) in [5, 5.41) is 17.5. The molecule has 0 aliphatic carbocycles. The summed E-state index contributed by atoms with van der Waals surface area (Å²) in [6.45, 7) is 4.97. The van der Waals surface area contributed by atoms with Crippen LogP contribution in [-0.2, 0) is 0 Å². The summed E-state index contributed by atoms with van der Waals surface area (Å²) >= 11 is 0. The van der Waals surface area contributed by atoms with Crippen molar-refractivity contribution in [1.29, 1.82) is 0 Å². The van der Waals surface area contributed by atoms with Gasteiger partial charge in [-0.05, 0) is 36.8 Å². The molecule has 4 rings (SSSR count). The molecular formula is C16H17N7. The summed E-state index contributed by atoms with van der Waals surface area (Å²) in [6, 6.07) is 7.84. The van der Waals surface area contributed by atoms with Gasteiger partial charge in [-0.1, -0.05) is 6.92 Å². The van der Waals surface area contributed by atoms with Gasteiger partial charge < -0.3 is 10.3 Å². The molecule has 0 saturated carbocycles. The van der Waals surface area contributed by atoms with Crippen LogP contribution in [0.1, 0.15) is 31.2 Å². The number of pyridine rings is 1. The van der Waals surface area contributed by atoms with Gasteiger partial charge in [-0.15, -0.1) is 15.3 Å². The van der Waals surface area contributed by atoms with Crippen molar-refractivity contribution in [3.8, 4) is 0 Å². The van der Waals surface area contributed by atoms with Crippen molar-refractivity contribution in [3.63, 3.8) is 0 Å². The van der Waals surface area contributed by atoms with Gasteiger partial charge in [-0.25, -0.2) is 4.98 Å². The van der Waals surface area contributed by atoms with Gasteiger partial charge in [-0.2, -0.15) is 4.52 Å². The Labute approximate surface area is 132 Å². The zero-order valence-corrected chi connectivity index (χ0v) is 13.0. The van der Waals surface area contributed by atoms with Crippen LogP contribution in [-0.4, -0.2) is 36.3 Å². The Morgan fingerprint density at radius 3 is 3.04 bits per heavy atom. The van der Waals surface area contributed by atoms with Gasteiger partial charge in [0.25, 0.3) is 0 Å². The lowest BCUT2D eigenvalue weighted by atomic mass is 10.0. The van der Waals surface area contributed by atoms with Crippen LogP contribution in [0, 0.1) is 0 Å². The second-order valence-electron chi connectivity index (χ2n) is 5.44. The van der Waals surface area contributed by atoms with Crippen molar-refractivity contribution >= 4 is 22.5 Å². The third kappa shape index (κ3) is 2.21. The minimum atomic E-state index is 0.0485. The first-order valence-electron chi connectivity index (χ1n) is 7.66. The van der Waals surface area contributed by atoms with E-state index in [0.717, 1.165) is 40.4 Å². The number of aromatic amines is 1. The molecule has 0 aliphatic rings. The average molecular weight is 307 g/mol. The summed E-state index contributed by atoms with van der Waals surface area (Å²) < 4.78 is 1.80. The molecule has 0 saturated heterocycles. The lowest BCUT2D eigenvalue weighted by Crippen LogP contribution is -2.07. The standard InChI is InChI=1S/C16H17N7/c1-3-17-13-6-7-14-20-21-16(23(14)22-13)10(2)12-9-19-15-11(12)5-4-8-18-15/h4-10H,3H2,1-2H3,(H,17,22)(H,18,19)/t10-/m0/s1. The van der Waals surface area contributed by atoms with E-state index >= 15 is 0 Å². The van der Waals surface area contributed by atoms with Crippen molar-refractivity contribution < 1.29 is 0 Å². The number of hydrogen-bond donors (Lipinski definition) is 2. The SMILES string of the molecule is CCNc1ccc2nnc([C@@H](C)c3c[nH]c4ncccc34)n2n1. The van der Waals surface area contributed by atoms with Crippen LogP contribution in [0.4, 0.5) is 5.82 Å². The Balaban J connectivity index is 1.83. The maximum atomic E-state index is 4.59. The van der Waals surface area contributed by atoms with Gasteiger partial charge in [0.05, 0.1) is 0 Å². The van der Waals surface area contributed by atoms with Gasteiger partial charge in [0.2, 0.25) is 0 Å². The summed E-state index contributed by atoms with van der Waals surface area (Å²) in [6.07, 6.45) is 3.77. The number of nitrogens with one attached hydrogen (secondary N) is 2. The van der Waals surface area contributed by atoms with Crippen molar-refractivity contribution in [2.24, 2.45) is 0 Å². The van der Waals surface area contributed by atoms with Gasteiger partial charge in [0.1, 0.15) is 11.5 Å². The number of nitrogens with zero attached hydrogens (tertiary/aromatic N) is 5. The van der Waals surface area contributed by atoms with E-state index in [1.807, 2.05) is 31.3 Å². The maximum absolute atomic E-state index is 4.59. The Morgan fingerprint density at radius 1 is 1.26 bits per heavy atom. The zero-order valence-electron chi connectivity index (χ0n) is 13.0. The molecule has 1 atom stereocenters. The summed E-state index contributed by atoms with van der Waals surface area (Å²) in [4.78, 5) is 7.55. The summed E-state index contributed by atoms with van der Waals surface area (Å²) in [7, 11) is 0. The van der Waals surface area contributed by atoms with Crippen LogP contribution in [0.3, 0.4) is 0 Å².